The highest BCUT2D eigenvalue weighted by atomic mass is 35.5. The van der Waals surface area contributed by atoms with Crippen molar-refractivity contribution < 1.29 is 23.5 Å². The first-order valence-electron chi connectivity index (χ1n) is 8.93. The first-order chi connectivity index (χ1) is 12.9. The van der Waals surface area contributed by atoms with Crippen molar-refractivity contribution in [3.63, 3.8) is 0 Å². The first-order valence-corrected chi connectivity index (χ1v) is 9.31. The van der Waals surface area contributed by atoms with Crippen molar-refractivity contribution in [3.05, 3.63) is 41.3 Å². The van der Waals surface area contributed by atoms with Crippen LogP contribution in [0.4, 0.5) is 9.18 Å². The van der Waals surface area contributed by atoms with E-state index < -0.39 is 11.7 Å². The molecule has 2 amide bonds. The lowest BCUT2D eigenvalue weighted by Gasteiger charge is -2.29. The molecular weight excluding hydrogens is 375 g/mol. The largest absolute Gasteiger partial charge is 0.484 e. The predicted octanol–water partition coefficient (Wildman–Crippen LogP) is 3.50. The molecule has 1 atom stereocenters. The average Bonchev–Trinajstić information content (AvgIpc) is 2.92. The zero-order valence-electron chi connectivity index (χ0n) is 14.9. The third kappa shape index (κ3) is 5.13. The topological polar surface area (TPSA) is 67.9 Å². The Labute approximate surface area is 162 Å². The Morgan fingerprint density at radius 2 is 2.22 bits per heavy atom. The zero-order chi connectivity index (χ0) is 19.4. The van der Waals surface area contributed by atoms with Crippen LogP contribution in [0.2, 0.25) is 5.02 Å². The van der Waals surface area contributed by atoms with Gasteiger partial charge in [0, 0.05) is 24.7 Å². The van der Waals surface area contributed by atoms with Gasteiger partial charge in [0.2, 0.25) is 0 Å². The van der Waals surface area contributed by atoms with Crippen LogP contribution >= 0.6 is 11.6 Å². The highest BCUT2D eigenvalue weighted by molar-refractivity contribution is 6.30. The summed E-state index contributed by atoms with van der Waals surface area (Å²) < 4.78 is 24.0. The first kappa shape index (κ1) is 19.5. The Balaban J connectivity index is 1.36. The van der Waals surface area contributed by atoms with Crippen LogP contribution in [-0.2, 0) is 9.53 Å². The number of carbonyl (C=O) groups is 2. The molecule has 0 spiro atoms. The van der Waals surface area contributed by atoms with Crippen LogP contribution in [0, 0.1) is 11.7 Å². The van der Waals surface area contributed by atoms with E-state index in [0.29, 0.717) is 31.1 Å². The molecule has 1 aromatic carbocycles. The summed E-state index contributed by atoms with van der Waals surface area (Å²) in [5.74, 6) is -0.334. The van der Waals surface area contributed by atoms with Gasteiger partial charge >= 0.3 is 6.09 Å². The Hall–Kier alpha value is -2.28. The molecule has 0 bridgehead atoms. The number of nitrogens with one attached hydrogen (secondary N) is 1. The monoisotopic (exact) mass is 396 g/mol. The summed E-state index contributed by atoms with van der Waals surface area (Å²) in [5.41, 5.74) is 0.478. The Morgan fingerprint density at radius 3 is 2.89 bits per heavy atom. The number of halogens is 2. The minimum Gasteiger partial charge on any atom is -0.484 e. The van der Waals surface area contributed by atoms with E-state index in [4.69, 9.17) is 21.1 Å². The van der Waals surface area contributed by atoms with Crippen LogP contribution in [0.1, 0.15) is 25.7 Å². The summed E-state index contributed by atoms with van der Waals surface area (Å²) in [6.45, 7) is 4.55. The maximum atomic E-state index is 13.3. The lowest BCUT2D eigenvalue weighted by atomic mass is 9.81. The number of ether oxygens (including phenoxy) is 2. The molecule has 1 saturated heterocycles. The summed E-state index contributed by atoms with van der Waals surface area (Å²) in [6.07, 6.45) is 3.54. The van der Waals surface area contributed by atoms with Crippen LogP contribution in [0.3, 0.4) is 0 Å². The lowest BCUT2D eigenvalue weighted by molar-refractivity contribution is -0.122. The fraction of sp³-hybridized carbons (Fsp3) is 0.474. The molecule has 0 radical (unpaired) electrons. The molecule has 146 valence electrons. The molecule has 1 saturated carbocycles. The van der Waals surface area contributed by atoms with Crippen LogP contribution in [0.15, 0.2) is 30.5 Å². The van der Waals surface area contributed by atoms with Gasteiger partial charge in [-0.15, -0.1) is 0 Å². The number of nitrogens with zero attached hydrogens (tertiary/aromatic N) is 1. The number of carbonyl (C=O) groups excluding carboxylic acids is 2. The molecule has 1 heterocycles. The second-order valence-electron chi connectivity index (χ2n) is 6.83. The maximum absolute atomic E-state index is 13.3. The van der Waals surface area contributed by atoms with E-state index in [-0.39, 0.29) is 29.6 Å². The number of benzene rings is 1. The molecule has 2 aliphatic rings. The van der Waals surface area contributed by atoms with E-state index >= 15 is 0 Å². The number of hydrogen-bond donors (Lipinski definition) is 1. The molecule has 0 aromatic heterocycles. The van der Waals surface area contributed by atoms with E-state index in [0.717, 1.165) is 18.9 Å². The van der Waals surface area contributed by atoms with Gasteiger partial charge in [-0.05, 0) is 30.9 Å². The van der Waals surface area contributed by atoms with Crippen molar-refractivity contribution >= 4 is 23.6 Å². The highest BCUT2D eigenvalue weighted by Crippen LogP contribution is 2.34. The van der Waals surface area contributed by atoms with Crippen molar-refractivity contribution in [3.8, 4) is 5.75 Å². The van der Waals surface area contributed by atoms with Gasteiger partial charge < -0.3 is 19.7 Å². The van der Waals surface area contributed by atoms with E-state index in [1.165, 1.54) is 18.6 Å². The number of cyclic esters (lactones) is 1. The molecule has 8 heteroatoms. The minimum atomic E-state index is -0.614. The Morgan fingerprint density at radius 1 is 1.44 bits per heavy atom. The molecular formula is C19H22ClFN2O4. The molecule has 2 fully saturated rings. The van der Waals surface area contributed by atoms with Gasteiger partial charge in [0.25, 0.3) is 5.91 Å². The standard InChI is InChI=1S/C19H22ClFN2O4/c1-12(7-8-23-10-17(27-19(23)25)13-3-2-4-13)22-18(24)11-26-14-5-6-15(20)16(21)9-14/h5-6,9,13,17H,1-4,7-8,10-11H2,(H,22,24). The molecule has 1 N–H and O–H groups in total. The van der Waals surface area contributed by atoms with Crippen molar-refractivity contribution in [2.45, 2.75) is 31.8 Å². The van der Waals surface area contributed by atoms with Gasteiger partial charge in [-0.25, -0.2) is 9.18 Å². The molecule has 1 aliphatic heterocycles. The van der Waals surface area contributed by atoms with E-state index in [2.05, 4.69) is 11.9 Å². The molecule has 27 heavy (non-hydrogen) atoms. The quantitative estimate of drug-likeness (QED) is 0.730. The van der Waals surface area contributed by atoms with E-state index in [1.807, 2.05) is 0 Å². The van der Waals surface area contributed by atoms with Crippen molar-refractivity contribution in [1.29, 1.82) is 0 Å². The Kier molecular flexibility index (Phi) is 6.21. The summed E-state index contributed by atoms with van der Waals surface area (Å²) in [4.78, 5) is 25.5. The molecule has 6 nitrogen and oxygen atoms in total. The fourth-order valence-electron chi connectivity index (χ4n) is 3.05. The summed E-state index contributed by atoms with van der Waals surface area (Å²) in [6, 6.07) is 3.95. The van der Waals surface area contributed by atoms with E-state index in [9.17, 15) is 14.0 Å². The third-order valence-electron chi connectivity index (χ3n) is 4.85. The van der Waals surface area contributed by atoms with Crippen LogP contribution in [0.25, 0.3) is 0 Å². The van der Waals surface area contributed by atoms with Crippen molar-refractivity contribution in [2.75, 3.05) is 19.7 Å². The summed E-state index contributed by atoms with van der Waals surface area (Å²) in [7, 11) is 0. The maximum Gasteiger partial charge on any atom is 0.410 e. The smallest absolute Gasteiger partial charge is 0.410 e. The average molecular weight is 397 g/mol. The highest BCUT2D eigenvalue weighted by Gasteiger charge is 2.38. The van der Waals surface area contributed by atoms with Crippen LogP contribution in [-0.4, -0.2) is 42.7 Å². The van der Waals surface area contributed by atoms with Gasteiger partial charge in [-0.2, -0.15) is 0 Å². The van der Waals surface area contributed by atoms with Gasteiger partial charge in [-0.1, -0.05) is 24.6 Å². The molecule has 1 unspecified atom stereocenters. The molecule has 3 rings (SSSR count). The normalized spacial score (nSPS) is 19.4. The van der Waals surface area contributed by atoms with Crippen molar-refractivity contribution in [1.82, 2.24) is 10.2 Å². The van der Waals surface area contributed by atoms with Gasteiger partial charge in [0.05, 0.1) is 11.6 Å². The van der Waals surface area contributed by atoms with Crippen LogP contribution in [0.5, 0.6) is 5.75 Å². The van der Waals surface area contributed by atoms with E-state index in [1.54, 1.807) is 4.90 Å². The van der Waals surface area contributed by atoms with Crippen LogP contribution < -0.4 is 10.1 Å². The summed E-state index contributed by atoms with van der Waals surface area (Å²) in [5, 5.41) is 2.60. The number of rotatable bonds is 8. The third-order valence-corrected chi connectivity index (χ3v) is 5.15. The van der Waals surface area contributed by atoms with Gasteiger partial charge in [-0.3, -0.25) is 4.79 Å². The predicted molar refractivity (Wildman–Crippen MR) is 98.0 cm³/mol. The van der Waals surface area contributed by atoms with Gasteiger partial charge in [0.15, 0.2) is 6.61 Å². The Bertz CT molecular complexity index is 738. The second kappa shape index (κ2) is 8.61. The van der Waals surface area contributed by atoms with Crippen molar-refractivity contribution in [2.24, 2.45) is 5.92 Å². The number of hydrogen-bond acceptors (Lipinski definition) is 4. The SMILES string of the molecule is C=C(CCN1CC(C2CCC2)OC1=O)NC(=O)COc1ccc(Cl)c(F)c1. The zero-order valence-corrected chi connectivity index (χ0v) is 15.6. The molecule has 1 aromatic rings. The summed E-state index contributed by atoms with van der Waals surface area (Å²) >= 11 is 5.59. The fourth-order valence-corrected chi connectivity index (χ4v) is 3.17. The molecule has 1 aliphatic carbocycles. The van der Waals surface area contributed by atoms with Gasteiger partial charge in [0.1, 0.15) is 17.7 Å². The second-order valence-corrected chi connectivity index (χ2v) is 7.23. The number of amides is 2. The lowest BCUT2D eigenvalue weighted by Crippen LogP contribution is -2.33. The minimum absolute atomic E-state index is 0.0118.